The van der Waals surface area contributed by atoms with Crippen LogP contribution in [0.1, 0.15) is 17.3 Å². The lowest BCUT2D eigenvalue weighted by molar-refractivity contribution is 0.0955. The summed E-state index contributed by atoms with van der Waals surface area (Å²) >= 11 is 7.39. The number of rotatable bonds is 4. The van der Waals surface area contributed by atoms with E-state index in [4.69, 9.17) is 17.3 Å². The molecule has 16 heavy (non-hydrogen) atoms. The maximum Gasteiger partial charge on any atom is 0.253 e. The molecule has 4 nitrogen and oxygen atoms in total. The van der Waals surface area contributed by atoms with Crippen LogP contribution in [-0.2, 0) is 0 Å². The molecule has 1 amide bonds. The van der Waals surface area contributed by atoms with Gasteiger partial charge in [0.2, 0.25) is 0 Å². The number of carbonyl (C=O) groups excluding carboxylic acids is 1. The van der Waals surface area contributed by atoms with E-state index in [0.29, 0.717) is 23.0 Å². The fourth-order valence-electron chi connectivity index (χ4n) is 1.05. The van der Waals surface area contributed by atoms with Crippen LogP contribution in [0.4, 0.5) is 5.69 Å². The van der Waals surface area contributed by atoms with Crippen molar-refractivity contribution in [3.8, 4) is 0 Å². The summed E-state index contributed by atoms with van der Waals surface area (Å²) in [5.74, 6) is -0.220. The van der Waals surface area contributed by atoms with Gasteiger partial charge in [0.1, 0.15) is 5.15 Å². The van der Waals surface area contributed by atoms with Crippen LogP contribution in [0.3, 0.4) is 0 Å². The van der Waals surface area contributed by atoms with E-state index in [1.807, 2.05) is 13.2 Å². The van der Waals surface area contributed by atoms with E-state index in [1.54, 1.807) is 11.8 Å². The number of amides is 1. The maximum absolute atomic E-state index is 11.8. The third-order valence-corrected chi connectivity index (χ3v) is 3.28. The summed E-state index contributed by atoms with van der Waals surface area (Å²) in [7, 11) is 0. The summed E-state index contributed by atoms with van der Waals surface area (Å²) in [5.41, 5.74) is 6.34. The molecule has 1 aromatic rings. The summed E-state index contributed by atoms with van der Waals surface area (Å²) in [6.07, 6.45) is 3.38. The minimum absolute atomic E-state index is 0.220. The Morgan fingerprint density at radius 1 is 1.75 bits per heavy atom. The minimum atomic E-state index is -0.220. The monoisotopic (exact) mass is 259 g/mol. The molecule has 0 aliphatic rings. The fraction of sp³-hybridized carbons (Fsp3) is 0.400. The number of nitrogens with two attached hydrogens (primary N) is 1. The maximum atomic E-state index is 11.8. The van der Waals surface area contributed by atoms with Crippen molar-refractivity contribution in [2.75, 3.05) is 18.5 Å². The average Bonchev–Trinajstić information content (AvgIpc) is 2.28. The molecule has 0 aliphatic carbocycles. The normalized spacial score (nSPS) is 12.2. The molecule has 1 atom stereocenters. The number of carbonyl (C=O) groups is 1. The van der Waals surface area contributed by atoms with Gasteiger partial charge in [-0.2, -0.15) is 11.8 Å². The van der Waals surface area contributed by atoms with Crippen LogP contribution >= 0.6 is 23.4 Å². The number of nitrogens with one attached hydrogen (secondary N) is 1. The Bertz CT molecular complexity index is 386. The Balaban J connectivity index is 2.69. The second kappa shape index (κ2) is 5.96. The number of hydrogen-bond acceptors (Lipinski definition) is 4. The Labute approximate surface area is 104 Å². The van der Waals surface area contributed by atoms with Crippen LogP contribution in [-0.4, -0.2) is 28.9 Å². The van der Waals surface area contributed by atoms with Crippen molar-refractivity contribution in [1.82, 2.24) is 10.3 Å². The predicted molar refractivity (Wildman–Crippen MR) is 69.0 cm³/mol. The second-order valence-electron chi connectivity index (χ2n) is 3.35. The van der Waals surface area contributed by atoms with Gasteiger partial charge in [-0.3, -0.25) is 4.79 Å². The van der Waals surface area contributed by atoms with E-state index in [0.717, 1.165) is 0 Å². The van der Waals surface area contributed by atoms with Gasteiger partial charge in [-0.25, -0.2) is 4.98 Å². The van der Waals surface area contributed by atoms with Crippen molar-refractivity contribution < 1.29 is 4.79 Å². The molecule has 88 valence electrons. The molecular formula is C10H14ClN3OS. The molecule has 0 aromatic carbocycles. The van der Waals surface area contributed by atoms with Gasteiger partial charge >= 0.3 is 0 Å². The molecule has 0 aliphatic heterocycles. The molecule has 0 saturated heterocycles. The Hall–Kier alpha value is -0.940. The largest absolute Gasteiger partial charge is 0.397 e. The number of nitrogen functional groups attached to an aromatic ring is 1. The molecule has 0 spiro atoms. The van der Waals surface area contributed by atoms with E-state index in [2.05, 4.69) is 10.3 Å². The van der Waals surface area contributed by atoms with E-state index in [9.17, 15) is 4.79 Å². The number of aromatic nitrogens is 1. The molecule has 1 unspecified atom stereocenters. The second-order valence-corrected chi connectivity index (χ2v) is 5.01. The highest BCUT2D eigenvalue weighted by molar-refractivity contribution is 7.99. The first-order valence-corrected chi connectivity index (χ1v) is 6.43. The van der Waals surface area contributed by atoms with Crippen molar-refractivity contribution in [1.29, 1.82) is 0 Å². The van der Waals surface area contributed by atoms with Crippen molar-refractivity contribution >= 4 is 35.0 Å². The third kappa shape index (κ3) is 3.57. The van der Waals surface area contributed by atoms with Gasteiger partial charge in [0.05, 0.1) is 17.4 Å². The van der Waals surface area contributed by atoms with Crippen molar-refractivity contribution in [3.05, 3.63) is 23.0 Å². The third-order valence-electron chi connectivity index (χ3n) is 2.10. The van der Waals surface area contributed by atoms with E-state index < -0.39 is 0 Å². The highest BCUT2D eigenvalue weighted by Crippen LogP contribution is 2.14. The number of hydrogen-bond donors (Lipinski definition) is 2. The Morgan fingerprint density at radius 3 is 3.06 bits per heavy atom. The molecule has 1 aromatic heterocycles. The SMILES string of the molecule is CSC(C)CNC(=O)c1cc(Cl)ncc1N. The fourth-order valence-corrected chi connectivity index (χ4v) is 1.46. The van der Waals surface area contributed by atoms with Crippen molar-refractivity contribution in [3.63, 3.8) is 0 Å². The topological polar surface area (TPSA) is 68.0 Å². The molecule has 6 heteroatoms. The van der Waals surface area contributed by atoms with Crippen molar-refractivity contribution in [2.24, 2.45) is 0 Å². The zero-order valence-corrected chi connectivity index (χ0v) is 10.7. The van der Waals surface area contributed by atoms with Gasteiger partial charge in [-0.1, -0.05) is 18.5 Å². The van der Waals surface area contributed by atoms with Gasteiger partial charge in [0, 0.05) is 11.8 Å². The average molecular weight is 260 g/mol. The van der Waals surface area contributed by atoms with Gasteiger partial charge in [-0.05, 0) is 12.3 Å². The zero-order chi connectivity index (χ0) is 12.1. The molecule has 1 heterocycles. The number of halogens is 1. The molecule has 1 rings (SSSR count). The van der Waals surface area contributed by atoms with Crippen LogP contribution in [0.15, 0.2) is 12.3 Å². The number of nitrogens with zero attached hydrogens (tertiary/aromatic N) is 1. The molecule has 0 saturated carbocycles. The Kier molecular flexibility index (Phi) is 4.89. The molecule has 0 fully saturated rings. The molecule has 3 N–H and O–H groups in total. The zero-order valence-electron chi connectivity index (χ0n) is 9.16. The van der Waals surface area contributed by atoms with Crippen LogP contribution in [0.25, 0.3) is 0 Å². The van der Waals surface area contributed by atoms with Crippen LogP contribution in [0, 0.1) is 0 Å². The summed E-state index contributed by atoms with van der Waals surface area (Å²) in [6, 6.07) is 1.47. The number of thioether (sulfide) groups is 1. The quantitative estimate of drug-likeness (QED) is 0.809. The smallest absolute Gasteiger partial charge is 0.253 e. The first kappa shape index (κ1) is 13.1. The standard InChI is InChI=1S/C10H14ClN3OS/c1-6(16-2)4-14-10(15)7-3-9(11)13-5-8(7)12/h3,5-6H,4,12H2,1-2H3,(H,14,15). The van der Waals surface area contributed by atoms with Crippen LogP contribution < -0.4 is 11.1 Å². The number of pyridine rings is 1. The summed E-state index contributed by atoms with van der Waals surface area (Å²) in [6.45, 7) is 2.63. The first-order chi connectivity index (χ1) is 7.54. The number of anilines is 1. The van der Waals surface area contributed by atoms with Gasteiger partial charge in [0.25, 0.3) is 5.91 Å². The molecule has 0 bridgehead atoms. The minimum Gasteiger partial charge on any atom is -0.397 e. The van der Waals surface area contributed by atoms with E-state index >= 15 is 0 Å². The van der Waals surface area contributed by atoms with Crippen LogP contribution in [0.2, 0.25) is 5.15 Å². The van der Waals surface area contributed by atoms with E-state index in [-0.39, 0.29) is 11.1 Å². The molecular weight excluding hydrogens is 246 g/mol. The molecule has 0 radical (unpaired) electrons. The predicted octanol–water partition coefficient (Wildman–Crippen LogP) is 1.80. The van der Waals surface area contributed by atoms with E-state index in [1.165, 1.54) is 12.3 Å². The van der Waals surface area contributed by atoms with Crippen molar-refractivity contribution in [2.45, 2.75) is 12.2 Å². The summed E-state index contributed by atoms with van der Waals surface area (Å²) < 4.78 is 0. The summed E-state index contributed by atoms with van der Waals surface area (Å²) in [4.78, 5) is 15.5. The van der Waals surface area contributed by atoms with Gasteiger partial charge < -0.3 is 11.1 Å². The lowest BCUT2D eigenvalue weighted by Crippen LogP contribution is -2.29. The highest BCUT2D eigenvalue weighted by atomic mass is 35.5. The lowest BCUT2D eigenvalue weighted by Gasteiger charge is -2.10. The first-order valence-electron chi connectivity index (χ1n) is 4.76. The Morgan fingerprint density at radius 2 is 2.44 bits per heavy atom. The van der Waals surface area contributed by atoms with Gasteiger partial charge in [-0.15, -0.1) is 0 Å². The van der Waals surface area contributed by atoms with Gasteiger partial charge in [0.15, 0.2) is 0 Å². The lowest BCUT2D eigenvalue weighted by atomic mass is 10.2. The highest BCUT2D eigenvalue weighted by Gasteiger charge is 2.11. The van der Waals surface area contributed by atoms with Crippen LogP contribution in [0.5, 0.6) is 0 Å². The summed E-state index contributed by atoms with van der Waals surface area (Å²) in [5, 5.41) is 3.42.